The third-order valence-corrected chi connectivity index (χ3v) is 2.82. The van der Waals surface area contributed by atoms with E-state index in [0.29, 0.717) is 12.5 Å². The van der Waals surface area contributed by atoms with Gasteiger partial charge in [0.15, 0.2) is 0 Å². The number of benzene rings is 1. The Labute approximate surface area is 123 Å². The highest BCUT2D eigenvalue weighted by Gasteiger charge is 2.14. The zero-order valence-corrected chi connectivity index (χ0v) is 12.3. The highest BCUT2D eigenvalue weighted by molar-refractivity contribution is 5.95. The number of nitrogens with one attached hydrogen (secondary N) is 2. The van der Waals surface area contributed by atoms with Crippen LogP contribution >= 0.6 is 0 Å². The lowest BCUT2D eigenvalue weighted by atomic mass is 10.2. The molecule has 0 aliphatic heterocycles. The van der Waals surface area contributed by atoms with Gasteiger partial charge in [0.2, 0.25) is 11.8 Å². The fourth-order valence-corrected chi connectivity index (χ4v) is 1.78. The number of hydrogen-bond donors (Lipinski definition) is 2. The van der Waals surface area contributed by atoms with E-state index in [1.165, 1.54) is 0 Å². The minimum absolute atomic E-state index is 0.194. The van der Waals surface area contributed by atoms with Crippen LogP contribution in [0.3, 0.4) is 0 Å². The number of aromatic nitrogens is 1. The zero-order valence-electron chi connectivity index (χ0n) is 12.3. The molecule has 0 fully saturated rings. The summed E-state index contributed by atoms with van der Waals surface area (Å²) in [4.78, 5) is 12.0. The predicted molar refractivity (Wildman–Crippen MR) is 80.6 cm³/mol. The SMILES string of the molecule is CCOc1ccc(N[C@H](C)C(=O)Nc2cc(C)no2)cc1. The van der Waals surface area contributed by atoms with Crippen LogP contribution in [-0.4, -0.2) is 23.7 Å². The molecule has 0 saturated carbocycles. The van der Waals surface area contributed by atoms with E-state index in [1.807, 2.05) is 31.2 Å². The maximum absolute atomic E-state index is 12.0. The molecule has 0 aliphatic rings. The second kappa shape index (κ2) is 6.78. The number of carbonyl (C=O) groups is 1. The van der Waals surface area contributed by atoms with Crippen LogP contribution in [0.2, 0.25) is 0 Å². The van der Waals surface area contributed by atoms with Gasteiger partial charge in [-0.05, 0) is 45.0 Å². The van der Waals surface area contributed by atoms with Gasteiger partial charge in [-0.1, -0.05) is 5.16 Å². The third-order valence-electron chi connectivity index (χ3n) is 2.82. The average Bonchev–Trinajstić information content (AvgIpc) is 2.86. The van der Waals surface area contributed by atoms with Gasteiger partial charge in [0.25, 0.3) is 0 Å². The summed E-state index contributed by atoms with van der Waals surface area (Å²) in [6.45, 7) is 6.13. The summed E-state index contributed by atoms with van der Waals surface area (Å²) in [6.07, 6.45) is 0. The van der Waals surface area contributed by atoms with Gasteiger partial charge in [0, 0.05) is 11.8 Å². The first kappa shape index (κ1) is 14.9. The van der Waals surface area contributed by atoms with E-state index < -0.39 is 6.04 Å². The zero-order chi connectivity index (χ0) is 15.2. The number of aryl methyl sites for hydroxylation is 1. The van der Waals surface area contributed by atoms with Crippen LogP contribution < -0.4 is 15.4 Å². The fourth-order valence-electron chi connectivity index (χ4n) is 1.78. The second-order valence-corrected chi connectivity index (χ2v) is 4.65. The van der Waals surface area contributed by atoms with Crippen LogP contribution in [0.5, 0.6) is 5.75 Å². The molecule has 1 atom stereocenters. The van der Waals surface area contributed by atoms with Gasteiger partial charge in [0.05, 0.1) is 12.3 Å². The first-order valence-corrected chi connectivity index (χ1v) is 6.82. The van der Waals surface area contributed by atoms with E-state index >= 15 is 0 Å². The standard InChI is InChI=1S/C15H19N3O3/c1-4-20-13-7-5-12(6-8-13)16-11(3)15(19)17-14-9-10(2)18-21-14/h5-9,11,16H,4H2,1-3H3,(H,17,19)/t11-/m1/s1. The molecule has 0 unspecified atom stereocenters. The van der Waals surface area contributed by atoms with Crippen molar-refractivity contribution in [3.63, 3.8) is 0 Å². The minimum Gasteiger partial charge on any atom is -0.494 e. The highest BCUT2D eigenvalue weighted by Crippen LogP contribution is 2.17. The number of anilines is 2. The Morgan fingerprint density at radius 1 is 1.38 bits per heavy atom. The van der Waals surface area contributed by atoms with Gasteiger partial charge < -0.3 is 14.6 Å². The summed E-state index contributed by atoms with van der Waals surface area (Å²) in [7, 11) is 0. The van der Waals surface area contributed by atoms with Crippen molar-refractivity contribution in [2.24, 2.45) is 0 Å². The van der Waals surface area contributed by atoms with Gasteiger partial charge >= 0.3 is 0 Å². The number of amides is 1. The van der Waals surface area contributed by atoms with Gasteiger partial charge in [0.1, 0.15) is 11.8 Å². The molecule has 1 aromatic carbocycles. The van der Waals surface area contributed by atoms with Crippen LogP contribution in [0.1, 0.15) is 19.5 Å². The van der Waals surface area contributed by atoms with Crippen molar-refractivity contribution in [1.29, 1.82) is 0 Å². The number of hydrogen-bond acceptors (Lipinski definition) is 5. The number of ether oxygens (including phenoxy) is 1. The van der Waals surface area contributed by atoms with Crippen LogP contribution in [0.25, 0.3) is 0 Å². The molecular formula is C15H19N3O3. The van der Waals surface area contributed by atoms with E-state index in [9.17, 15) is 4.79 Å². The smallest absolute Gasteiger partial charge is 0.248 e. The molecule has 0 aliphatic carbocycles. The quantitative estimate of drug-likeness (QED) is 0.855. The Morgan fingerprint density at radius 3 is 2.67 bits per heavy atom. The lowest BCUT2D eigenvalue weighted by Gasteiger charge is -2.14. The second-order valence-electron chi connectivity index (χ2n) is 4.65. The molecule has 0 spiro atoms. The van der Waals surface area contributed by atoms with Crippen LogP contribution in [-0.2, 0) is 4.79 Å². The molecule has 112 valence electrons. The van der Waals surface area contributed by atoms with Crippen molar-refractivity contribution in [2.45, 2.75) is 26.8 Å². The molecule has 2 N–H and O–H groups in total. The van der Waals surface area contributed by atoms with E-state index in [-0.39, 0.29) is 5.91 Å². The van der Waals surface area contributed by atoms with E-state index in [0.717, 1.165) is 17.1 Å². The Balaban J connectivity index is 1.90. The largest absolute Gasteiger partial charge is 0.494 e. The van der Waals surface area contributed by atoms with Gasteiger partial charge in [-0.15, -0.1) is 0 Å². The summed E-state index contributed by atoms with van der Waals surface area (Å²) in [6, 6.07) is 8.71. The van der Waals surface area contributed by atoms with Crippen LogP contribution in [0.4, 0.5) is 11.6 Å². The monoisotopic (exact) mass is 289 g/mol. The van der Waals surface area contributed by atoms with Gasteiger partial charge in [-0.2, -0.15) is 0 Å². The molecule has 0 bridgehead atoms. The molecule has 1 aromatic heterocycles. The molecule has 1 heterocycles. The molecule has 6 heteroatoms. The van der Waals surface area contributed by atoms with Crippen molar-refractivity contribution >= 4 is 17.5 Å². The Hall–Kier alpha value is -2.50. The van der Waals surface area contributed by atoms with Crippen molar-refractivity contribution in [3.8, 4) is 5.75 Å². The molecule has 21 heavy (non-hydrogen) atoms. The van der Waals surface area contributed by atoms with E-state index in [4.69, 9.17) is 9.26 Å². The number of rotatable bonds is 6. The molecule has 6 nitrogen and oxygen atoms in total. The lowest BCUT2D eigenvalue weighted by Crippen LogP contribution is -2.31. The molecule has 0 radical (unpaired) electrons. The Bertz CT molecular complexity index is 592. The summed E-state index contributed by atoms with van der Waals surface area (Å²) in [5.41, 5.74) is 1.56. The normalized spacial score (nSPS) is 11.8. The maximum Gasteiger partial charge on any atom is 0.248 e. The maximum atomic E-state index is 12.0. The Kier molecular flexibility index (Phi) is 4.81. The topological polar surface area (TPSA) is 76.4 Å². The average molecular weight is 289 g/mol. The van der Waals surface area contributed by atoms with Crippen molar-refractivity contribution < 1.29 is 14.1 Å². The summed E-state index contributed by atoms with van der Waals surface area (Å²) < 4.78 is 10.3. The molecular weight excluding hydrogens is 270 g/mol. The van der Waals surface area contributed by atoms with Crippen LogP contribution in [0, 0.1) is 6.92 Å². The fraction of sp³-hybridized carbons (Fsp3) is 0.333. The molecule has 2 aromatic rings. The summed E-state index contributed by atoms with van der Waals surface area (Å²) >= 11 is 0. The lowest BCUT2D eigenvalue weighted by molar-refractivity contribution is -0.116. The van der Waals surface area contributed by atoms with Crippen molar-refractivity contribution in [3.05, 3.63) is 36.0 Å². The number of nitrogens with zero attached hydrogens (tertiary/aromatic N) is 1. The van der Waals surface area contributed by atoms with E-state index in [2.05, 4.69) is 15.8 Å². The first-order chi connectivity index (χ1) is 10.1. The van der Waals surface area contributed by atoms with E-state index in [1.54, 1.807) is 19.9 Å². The minimum atomic E-state index is -0.409. The number of carbonyl (C=O) groups excluding carboxylic acids is 1. The molecule has 1 amide bonds. The Morgan fingerprint density at radius 2 is 2.10 bits per heavy atom. The van der Waals surface area contributed by atoms with Crippen molar-refractivity contribution in [2.75, 3.05) is 17.2 Å². The third kappa shape index (κ3) is 4.24. The van der Waals surface area contributed by atoms with Crippen molar-refractivity contribution in [1.82, 2.24) is 5.16 Å². The molecule has 2 rings (SSSR count). The van der Waals surface area contributed by atoms with Crippen LogP contribution in [0.15, 0.2) is 34.9 Å². The van der Waals surface area contributed by atoms with Gasteiger partial charge in [-0.25, -0.2) is 0 Å². The molecule has 0 saturated heterocycles. The summed E-state index contributed by atoms with van der Waals surface area (Å²) in [5.74, 6) is 0.954. The summed E-state index contributed by atoms with van der Waals surface area (Å²) in [5, 5.41) is 9.48. The first-order valence-electron chi connectivity index (χ1n) is 6.82. The van der Waals surface area contributed by atoms with Gasteiger partial charge in [-0.3, -0.25) is 10.1 Å². The predicted octanol–water partition coefficient (Wildman–Crippen LogP) is 2.82. The highest BCUT2D eigenvalue weighted by atomic mass is 16.5.